The molecule has 4 aliphatic heterocycles. The molecule has 8 nitrogen and oxygen atoms in total. The number of para-hydroxylation sites is 1. The van der Waals surface area contributed by atoms with E-state index in [0.717, 1.165) is 19.3 Å². The van der Waals surface area contributed by atoms with Gasteiger partial charge in [-0.05, 0) is 43.7 Å². The van der Waals surface area contributed by atoms with Gasteiger partial charge in [0.25, 0.3) is 5.91 Å². The quantitative estimate of drug-likeness (QED) is 0.452. The number of fused-ring (bicyclic) bond motifs is 2. The van der Waals surface area contributed by atoms with Crippen LogP contribution >= 0.6 is 11.6 Å². The fourth-order valence-electron chi connectivity index (χ4n) is 6.46. The van der Waals surface area contributed by atoms with Gasteiger partial charge in [0.05, 0.1) is 42.0 Å². The number of esters is 1. The lowest BCUT2D eigenvalue weighted by Gasteiger charge is -2.39. The highest BCUT2D eigenvalue weighted by Crippen LogP contribution is 2.54. The maximum Gasteiger partial charge on any atom is 0.312 e. The number of rotatable bonds is 5. The summed E-state index contributed by atoms with van der Waals surface area (Å²) in [5, 5.41) is 10.8. The first kappa shape index (κ1) is 26.9. The molecule has 0 saturated carbocycles. The molecule has 1 spiro atoms. The first-order valence-electron chi connectivity index (χ1n) is 13.5. The Morgan fingerprint density at radius 2 is 1.92 bits per heavy atom. The van der Waals surface area contributed by atoms with E-state index in [1.807, 2.05) is 32.1 Å². The van der Waals surface area contributed by atoms with Crippen LogP contribution in [-0.4, -0.2) is 71.3 Å². The number of halogens is 1. The summed E-state index contributed by atoms with van der Waals surface area (Å²) in [6.45, 7) is 4.19. The molecule has 0 radical (unpaired) electrons. The molecular formula is C29H35ClN2O6. The molecule has 1 unspecified atom stereocenters. The second-order valence-corrected chi connectivity index (χ2v) is 11.4. The van der Waals surface area contributed by atoms with E-state index in [9.17, 15) is 19.5 Å². The van der Waals surface area contributed by atoms with Crippen molar-refractivity contribution in [1.29, 1.82) is 0 Å². The molecule has 204 valence electrons. The van der Waals surface area contributed by atoms with Crippen LogP contribution in [0.2, 0.25) is 5.02 Å². The van der Waals surface area contributed by atoms with Crippen molar-refractivity contribution in [1.82, 2.24) is 4.90 Å². The van der Waals surface area contributed by atoms with Gasteiger partial charge in [-0.3, -0.25) is 14.4 Å². The number of nitrogens with zero attached hydrogens (tertiary/aromatic N) is 2. The monoisotopic (exact) mass is 542 g/mol. The average Bonchev–Trinajstić information content (AvgIpc) is 3.28. The third-order valence-electron chi connectivity index (χ3n) is 8.03. The van der Waals surface area contributed by atoms with E-state index >= 15 is 0 Å². The highest BCUT2D eigenvalue weighted by atomic mass is 35.5. The van der Waals surface area contributed by atoms with Crippen molar-refractivity contribution in [3.8, 4) is 0 Å². The Bertz CT molecular complexity index is 1150. The van der Waals surface area contributed by atoms with Crippen molar-refractivity contribution in [3.63, 3.8) is 0 Å². The Kier molecular flexibility index (Phi) is 7.67. The Hall–Kier alpha value is -2.68. The third-order valence-corrected chi connectivity index (χ3v) is 8.35. The molecule has 0 aliphatic carbocycles. The second kappa shape index (κ2) is 10.8. The number of ether oxygens (including phenoxy) is 2. The summed E-state index contributed by atoms with van der Waals surface area (Å²) >= 11 is 6.50. The van der Waals surface area contributed by atoms with Crippen LogP contribution in [0.3, 0.4) is 0 Å². The molecule has 4 heterocycles. The maximum absolute atomic E-state index is 14.4. The van der Waals surface area contributed by atoms with Crippen molar-refractivity contribution in [3.05, 3.63) is 53.6 Å². The Morgan fingerprint density at radius 3 is 2.66 bits per heavy atom. The number of hydrogen-bond donors (Lipinski definition) is 1. The van der Waals surface area contributed by atoms with Crippen LogP contribution < -0.4 is 4.90 Å². The number of carbonyl (C=O) groups is 3. The molecule has 1 aromatic rings. The summed E-state index contributed by atoms with van der Waals surface area (Å²) in [6, 6.07) is 5.37. The minimum absolute atomic E-state index is 0.155. The van der Waals surface area contributed by atoms with Crippen LogP contribution in [0, 0.1) is 17.8 Å². The highest BCUT2D eigenvalue weighted by molar-refractivity contribution is 6.34. The molecule has 0 aromatic heterocycles. The highest BCUT2D eigenvalue weighted by Gasteiger charge is 2.72. The van der Waals surface area contributed by atoms with Crippen LogP contribution in [0.25, 0.3) is 0 Å². The number of allylic oxidation sites excluding steroid dienone is 1. The number of cyclic esters (lactones) is 1. The van der Waals surface area contributed by atoms with Crippen molar-refractivity contribution in [2.75, 3.05) is 24.7 Å². The summed E-state index contributed by atoms with van der Waals surface area (Å²) in [5.74, 6) is -2.92. The fourth-order valence-corrected chi connectivity index (χ4v) is 6.69. The van der Waals surface area contributed by atoms with Crippen molar-refractivity contribution < 1.29 is 29.0 Å². The summed E-state index contributed by atoms with van der Waals surface area (Å²) in [4.78, 5) is 45.2. The number of hydrogen-bond acceptors (Lipinski definition) is 6. The van der Waals surface area contributed by atoms with Crippen LogP contribution in [0.15, 0.2) is 48.6 Å². The van der Waals surface area contributed by atoms with Crippen LogP contribution in [-0.2, 0) is 23.9 Å². The van der Waals surface area contributed by atoms with E-state index in [0.29, 0.717) is 17.1 Å². The smallest absolute Gasteiger partial charge is 0.312 e. The molecule has 4 aliphatic rings. The van der Waals surface area contributed by atoms with E-state index in [1.54, 1.807) is 35.2 Å². The number of anilines is 1. The second-order valence-electron chi connectivity index (χ2n) is 10.9. The topological polar surface area (TPSA) is 96.4 Å². The largest absolute Gasteiger partial charge is 0.465 e. The number of amides is 2. The van der Waals surface area contributed by atoms with Gasteiger partial charge in [0.1, 0.15) is 17.6 Å². The molecule has 6 atom stereocenters. The summed E-state index contributed by atoms with van der Waals surface area (Å²) in [5.41, 5.74) is -0.862. The average molecular weight is 543 g/mol. The van der Waals surface area contributed by atoms with Gasteiger partial charge >= 0.3 is 5.97 Å². The van der Waals surface area contributed by atoms with Crippen molar-refractivity contribution >= 4 is 35.1 Å². The molecule has 1 aromatic carbocycles. The van der Waals surface area contributed by atoms with Crippen LogP contribution in [0.4, 0.5) is 5.69 Å². The van der Waals surface area contributed by atoms with Gasteiger partial charge in [0, 0.05) is 6.54 Å². The molecule has 9 heteroatoms. The van der Waals surface area contributed by atoms with Gasteiger partial charge in [0.15, 0.2) is 0 Å². The Labute approximate surface area is 228 Å². The molecule has 2 saturated heterocycles. The summed E-state index contributed by atoms with van der Waals surface area (Å²) in [7, 11) is 0. The number of carbonyl (C=O) groups excluding carboxylic acids is 3. The zero-order chi connectivity index (χ0) is 27.0. The molecule has 1 N–H and O–H groups in total. The number of likely N-dealkylation sites (tertiary alicyclic amines) is 1. The van der Waals surface area contributed by atoms with Gasteiger partial charge in [-0.15, -0.1) is 0 Å². The lowest BCUT2D eigenvalue weighted by Crippen LogP contribution is -2.58. The zero-order valence-corrected chi connectivity index (χ0v) is 22.5. The minimum Gasteiger partial charge on any atom is -0.465 e. The van der Waals surface area contributed by atoms with Crippen molar-refractivity contribution in [2.24, 2.45) is 17.8 Å². The van der Waals surface area contributed by atoms with E-state index in [2.05, 4.69) is 0 Å². The predicted octanol–water partition coefficient (Wildman–Crippen LogP) is 3.51. The van der Waals surface area contributed by atoms with E-state index in [-0.39, 0.29) is 37.5 Å². The zero-order valence-electron chi connectivity index (χ0n) is 21.8. The van der Waals surface area contributed by atoms with Crippen LogP contribution in [0.1, 0.15) is 39.5 Å². The Morgan fingerprint density at radius 1 is 1.13 bits per heavy atom. The first-order chi connectivity index (χ1) is 18.3. The van der Waals surface area contributed by atoms with Gasteiger partial charge in [-0.1, -0.05) is 61.9 Å². The van der Waals surface area contributed by atoms with Gasteiger partial charge in [0.2, 0.25) is 5.91 Å². The minimum atomic E-state index is -1.39. The van der Waals surface area contributed by atoms with Crippen molar-refractivity contribution in [2.45, 2.75) is 63.3 Å². The van der Waals surface area contributed by atoms with E-state index in [1.165, 1.54) is 4.90 Å². The summed E-state index contributed by atoms with van der Waals surface area (Å²) < 4.78 is 12.3. The van der Waals surface area contributed by atoms with Gasteiger partial charge in [-0.2, -0.15) is 0 Å². The lowest BCUT2D eigenvalue weighted by molar-refractivity contribution is -0.155. The number of aliphatic hydroxyl groups excluding tert-OH is 1. The SMILES string of the molecule is CC(C)C[C@H](CO)N1C(=O)[C@@H]2[C@@H]3C(=O)OCCCC/C=C\[C@@H]3O[C@@]23C=CCN(c2ccccc2Cl)C(=O)C13. The molecule has 2 fully saturated rings. The third kappa shape index (κ3) is 4.46. The Balaban J connectivity index is 1.65. The van der Waals surface area contributed by atoms with Crippen LogP contribution in [0.5, 0.6) is 0 Å². The maximum atomic E-state index is 14.4. The molecule has 2 amide bonds. The molecule has 5 rings (SSSR count). The number of benzene rings is 1. The molecule has 0 bridgehead atoms. The molecule has 38 heavy (non-hydrogen) atoms. The van der Waals surface area contributed by atoms with Gasteiger partial charge < -0.3 is 24.4 Å². The van der Waals surface area contributed by atoms with E-state index < -0.39 is 41.6 Å². The van der Waals surface area contributed by atoms with Gasteiger partial charge in [-0.25, -0.2) is 0 Å². The standard InChI is InChI=1S/C29H35ClN2O6/c1-18(2)16-19(17-33)32-25-27(35)31(21-11-7-6-10-20(21)30)14-9-13-29(25)24(26(32)34)23-22(38-29)12-5-3-4-8-15-37-28(23)36/h5-7,9-13,18-19,22-25,33H,3-4,8,14-17H2,1-2H3/b12-5-/t19-,22+,23-,24+,25?,29+/m1/s1. The lowest BCUT2D eigenvalue weighted by atomic mass is 9.78. The fraction of sp³-hybridized carbons (Fsp3) is 0.552. The number of aliphatic hydroxyl groups is 1. The van der Waals surface area contributed by atoms with E-state index in [4.69, 9.17) is 21.1 Å². The molecular weight excluding hydrogens is 508 g/mol. The first-order valence-corrected chi connectivity index (χ1v) is 13.9. The normalized spacial score (nSPS) is 32.9. The summed E-state index contributed by atoms with van der Waals surface area (Å²) in [6.07, 6.45) is 9.62. The predicted molar refractivity (Wildman–Crippen MR) is 142 cm³/mol.